The average molecular weight is 347 g/mol. The van der Waals surface area contributed by atoms with Crippen molar-refractivity contribution >= 4 is 17.4 Å². The number of benzene rings is 1. The van der Waals surface area contributed by atoms with Crippen molar-refractivity contribution < 1.29 is 4.79 Å². The number of nitrogens with one attached hydrogen (secondary N) is 1. The Hall–Kier alpha value is -3.15. The van der Waals surface area contributed by atoms with Crippen LogP contribution in [0.25, 0.3) is 0 Å². The first-order chi connectivity index (χ1) is 12.8. The van der Waals surface area contributed by atoms with Crippen LogP contribution in [0.5, 0.6) is 0 Å². The Balaban J connectivity index is 1.38. The molecule has 132 valence electrons. The molecule has 0 atom stereocenters. The minimum Gasteiger partial charge on any atom is -0.357 e. The fourth-order valence-electron chi connectivity index (χ4n) is 3.14. The van der Waals surface area contributed by atoms with Crippen LogP contribution in [-0.4, -0.2) is 33.8 Å². The number of nitrogens with zero attached hydrogens (tertiary/aromatic N) is 4. The lowest BCUT2D eigenvalue weighted by Crippen LogP contribution is -2.19. The van der Waals surface area contributed by atoms with E-state index in [9.17, 15) is 4.79 Å². The molecule has 1 amide bonds. The standard InChI is InChI=1S/C20H21N5O/c26-20(17-6-4-16(5-7-17)15-25-13-3-10-22-25)23-18-8-9-19(21-14-18)24-11-1-2-12-24/h3-10,13-14H,1-2,11-12,15H2,(H,23,26). The van der Waals surface area contributed by atoms with Gasteiger partial charge in [0, 0.05) is 31.0 Å². The molecule has 2 aromatic heterocycles. The van der Waals surface area contributed by atoms with E-state index in [0.717, 1.165) is 24.5 Å². The lowest BCUT2D eigenvalue weighted by molar-refractivity contribution is 0.102. The van der Waals surface area contributed by atoms with E-state index in [1.54, 1.807) is 12.4 Å². The number of anilines is 2. The zero-order valence-electron chi connectivity index (χ0n) is 14.5. The van der Waals surface area contributed by atoms with E-state index in [1.807, 2.05) is 53.3 Å². The summed E-state index contributed by atoms with van der Waals surface area (Å²) >= 11 is 0. The van der Waals surface area contributed by atoms with Crippen LogP contribution in [0, 0.1) is 0 Å². The van der Waals surface area contributed by atoms with Crippen LogP contribution in [0.3, 0.4) is 0 Å². The zero-order chi connectivity index (χ0) is 17.8. The lowest BCUT2D eigenvalue weighted by atomic mass is 10.1. The topological polar surface area (TPSA) is 63.1 Å². The second-order valence-electron chi connectivity index (χ2n) is 6.45. The minimum atomic E-state index is -0.133. The van der Waals surface area contributed by atoms with Gasteiger partial charge in [-0.1, -0.05) is 12.1 Å². The van der Waals surface area contributed by atoms with Gasteiger partial charge in [0.1, 0.15) is 5.82 Å². The van der Waals surface area contributed by atoms with E-state index >= 15 is 0 Å². The molecule has 1 N–H and O–H groups in total. The predicted molar refractivity (Wildman–Crippen MR) is 101 cm³/mol. The summed E-state index contributed by atoms with van der Waals surface area (Å²) in [5, 5.41) is 7.09. The van der Waals surface area contributed by atoms with Crippen LogP contribution in [0.2, 0.25) is 0 Å². The molecular formula is C20H21N5O. The van der Waals surface area contributed by atoms with Crippen molar-refractivity contribution in [2.75, 3.05) is 23.3 Å². The molecule has 3 aromatic rings. The monoisotopic (exact) mass is 347 g/mol. The van der Waals surface area contributed by atoms with Crippen molar-refractivity contribution in [3.8, 4) is 0 Å². The molecule has 1 aliphatic rings. The zero-order valence-corrected chi connectivity index (χ0v) is 14.5. The van der Waals surface area contributed by atoms with E-state index in [2.05, 4.69) is 20.3 Å². The number of hydrogen-bond donors (Lipinski definition) is 1. The summed E-state index contributed by atoms with van der Waals surface area (Å²) in [5.41, 5.74) is 2.43. The molecular weight excluding hydrogens is 326 g/mol. The first-order valence-corrected chi connectivity index (χ1v) is 8.87. The largest absolute Gasteiger partial charge is 0.357 e. The molecule has 3 heterocycles. The molecule has 4 rings (SSSR count). The van der Waals surface area contributed by atoms with Crippen LogP contribution in [0.1, 0.15) is 28.8 Å². The SMILES string of the molecule is O=C(Nc1ccc(N2CCCC2)nc1)c1ccc(Cn2cccn2)cc1. The number of amides is 1. The molecule has 0 bridgehead atoms. The molecule has 6 heteroatoms. The Kier molecular flexibility index (Phi) is 4.64. The van der Waals surface area contributed by atoms with E-state index in [1.165, 1.54) is 12.8 Å². The minimum absolute atomic E-state index is 0.133. The Morgan fingerprint density at radius 3 is 2.54 bits per heavy atom. The summed E-state index contributed by atoms with van der Waals surface area (Å²) in [6.45, 7) is 2.81. The molecule has 1 aliphatic heterocycles. The highest BCUT2D eigenvalue weighted by atomic mass is 16.1. The summed E-state index contributed by atoms with van der Waals surface area (Å²) in [4.78, 5) is 19.1. The van der Waals surface area contributed by atoms with Crippen molar-refractivity contribution in [2.45, 2.75) is 19.4 Å². The van der Waals surface area contributed by atoms with Gasteiger partial charge in [-0.3, -0.25) is 9.48 Å². The Morgan fingerprint density at radius 1 is 1.08 bits per heavy atom. The summed E-state index contributed by atoms with van der Waals surface area (Å²) in [7, 11) is 0. The number of pyridine rings is 1. The normalized spacial score (nSPS) is 13.8. The highest BCUT2D eigenvalue weighted by Gasteiger charge is 2.13. The van der Waals surface area contributed by atoms with Crippen LogP contribution >= 0.6 is 0 Å². The number of rotatable bonds is 5. The average Bonchev–Trinajstić information content (AvgIpc) is 3.37. The van der Waals surface area contributed by atoms with Crippen LogP contribution in [0.4, 0.5) is 11.5 Å². The van der Waals surface area contributed by atoms with Crippen LogP contribution in [-0.2, 0) is 6.54 Å². The van der Waals surface area contributed by atoms with E-state index in [0.29, 0.717) is 17.8 Å². The van der Waals surface area contributed by atoms with Crippen molar-refractivity contribution in [3.05, 3.63) is 72.2 Å². The first kappa shape index (κ1) is 16.3. The van der Waals surface area contributed by atoms with Crippen LogP contribution < -0.4 is 10.2 Å². The van der Waals surface area contributed by atoms with Gasteiger partial charge < -0.3 is 10.2 Å². The fraction of sp³-hybridized carbons (Fsp3) is 0.250. The molecule has 26 heavy (non-hydrogen) atoms. The summed E-state index contributed by atoms with van der Waals surface area (Å²) in [6.07, 6.45) is 7.83. The van der Waals surface area contributed by atoms with Gasteiger partial charge >= 0.3 is 0 Å². The maximum Gasteiger partial charge on any atom is 0.255 e. The second kappa shape index (κ2) is 7.39. The van der Waals surface area contributed by atoms with Crippen molar-refractivity contribution in [1.82, 2.24) is 14.8 Å². The Bertz CT molecular complexity index is 850. The van der Waals surface area contributed by atoms with E-state index in [4.69, 9.17) is 0 Å². The van der Waals surface area contributed by atoms with Gasteiger partial charge in [-0.25, -0.2) is 4.98 Å². The van der Waals surface area contributed by atoms with Gasteiger partial charge in [-0.2, -0.15) is 5.10 Å². The summed E-state index contributed by atoms with van der Waals surface area (Å²) in [5.74, 6) is 0.842. The maximum absolute atomic E-state index is 12.4. The fourth-order valence-corrected chi connectivity index (χ4v) is 3.14. The van der Waals surface area contributed by atoms with Crippen molar-refractivity contribution in [3.63, 3.8) is 0 Å². The molecule has 1 saturated heterocycles. The maximum atomic E-state index is 12.4. The molecule has 0 unspecified atom stereocenters. The third kappa shape index (κ3) is 3.74. The molecule has 0 saturated carbocycles. The van der Waals surface area contributed by atoms with Gasteiger partial charge in [0.2, 0.25) is 0 Å². The summed E-state index contributed by atoms with van der Waals surface area (Å²) < 4.78 is 1.85. The molecule has 0 radical (unpaired) electrons. The second-order valence-corrected chi connectivity index (χ2v) is 6.45. The molecule has 1 fully saturated rings. The number of carbonyl (C=O) groups excluding carboxylic acids is 1. The molecule has 0 spiro atoms. The van der Waals surface area contributed by atoms with Crippen LogP contribution in [0.15, 0.2) is 61.1 Å². The van der Waals surface area contributed by atoms with Gasteiger partial charge in [-0.15, -0.1) is 0 Å². The Labute approximate surface area is 152 Å². The smallest absolute Gasteiger partial charge is 0.255 e. The van der Waals surface area contributed by atoms with E-state index < -0.39 is 0 Å². The molecule has 6 nitrogen and oxygen atoms in total. The number of aromatic nitrogens is 3. The summed E-state index contributed by atoms with van der Waals surface area (Å²) in [6, 6.07) is 13.3. The van der Waals surface area contributed by atoms with Gasteiger partial charge in [0.25, 0.3) is 5.91 Å². The van der Waals surface area contributed by atoms with Gasteiger partial charge in [0.15, 0.2) is 0 Å². The first-order valence-electron chi connectivity index (χ1n) is 8.87. The van der Waals surface area contributed by atoms with Gasteiger partial charge in [-0.05, 0) is 48.7 Å². The van der Waals surface area contributed by atoms with Crippen molar-refractivity contribution in [2.24, 2.45) is 0 Å². The Morgan fingerprint density at radius 2 is 1.88 bits per heavy atom. The third-order valence-corrected chi connectivity index (χ3v) is 4.56. The highest BCUT2D eigenvalue weighted by Crippen LogP contribution is 2.19. The molecule has 1 aromatic carbocycles. The quantitative estimate of drug-likeness (QED) is 0.770. The predicted octanol–water partition coefficient (Wildman–Crippen LogP) is 3.18. The lowest BCUT2D eigenvalue weighted by Gasteiger charge is -2.16. The number of carbonyl (C=O) groups is 1. The van der Waals surface area contributed by atoms with E-state index in [-0.39, 0.29) is 5.91 Å². The number of hydrogen-bond acceptors (Lipinski definition) is 4. The highest BCUT2D eigenvalue weighted by molar-refractivity contribution is 6.04. The third-order valence-electron chi connectivity index (χ3n) is 4.56. The van der Waals surface area contributed by atoms with Crippen molar-refractivity contribution in [1.29, 1.82) is 0 Å². The molecule has 0 aliphatic carbocycles. The van der Waals surface area contributed by atoms with Gasteiger partial charge in [0.05, 0.1) is 18.4 Å².